The highest BCUT2D eigenvalue weighted by atomic mass is 16.2. The number of hydrogen-bond donors (Lipinski definition) is 0. The van der Waals surface area contributed by atoms with Crippen LogP contribution in [-0.2, 0) is 16.0 Å². The van der Waals surface area contributed by atoms with Crippen LogP contribution in [0.1, 0.15) is 23.6 Å². The fraction of sp³-hybridized carbons (Fsp3) is 0.300. The van der Waals surface area contributed by atoms with Crippen LogP contribution in [0, 0.1) is 13.8 Å². The molecule has 0 radical (unpaired) electrons. The minimum Gasteiger partial charge on any atom is -0.310 e. The van der Waals surface area contributed by atoms with Crippen molar-refractivity contribution in [2.75, 3.05) is 22.9 Å². The number of fused-ring (bicyclic) bond motifs is 1. The van der Waals surface area contributed by atoms with E-state index in [-0.39, 0.29) is 18.4 Å². The minimum absolute atomic E-state index is 0.0478. The molecule has 1 aliphatic rings. The molecule has 2 aromatic carbocycles. The van der Waals surface area contributed by atoms with Crippen molar-refractivity contribution in [1.82, 2.24) is 0 Å². The molecule has 0 aliphatic carbocycles. The average Bonchev–Trinajstić information content (AvgIpc) is 2.99. The molecule has 24 heavy (non-hydrogen) atoms. The largest absolute Gasteiger partial charge is 0.310 e. The van der Waals surface area contributed by atoms with Gasteiger partial charge in [-0.15, -0.1) is 0 Å². The molecule has 1 heterocycles. The summed E-state index contributed by atoms with van der Waals surface area (Å²) in [5.41, 5.74) is 5.20. The molecule has 0 saturated carbocycles. The van der Waals surface area contributed by atoms with E-state index in [9.17, 15) is 9.59 Å². The van der Waals surface area contributed by atoms with Crippen LogP contribution in [0.4, 0.5) is 11.4 Å². The van der Waals surface area contributed by atoms with Crippen molar-refractivity contribution < 1.29 is 9.59 Å². The Morgan fingerprint density at radius 2 is 1.83 bits per heavy atom. The van der Waals surface area contributed by atoms with Gasteiger partial charge in [0.1, 0.15) is 6.54 Å². The number of hydrogen-bond acceptors (Lipinski definition) is 2. The Hall–Kier alpha value is -2.62. The van der Waals surface area contributed by atoms with Gasteiger partial charge in [-0.1, -0.05) is 24.3 Å². The molecule has 4 heteroatoms. The highest BCUT2D eigenvalue weighted by Crippen LogP contribution is 2.28. The highest BCUT2D eigenvalue weighted by molar-refractivity contribution is 6.03. The smallest absolute Gasteiger partial charge is 0.247 e. The molecule has 0 bridgehead atoms. The summed E-state index contributed by atoms with van der Waals surface area (Å²) in [4.78, 5) is 28.2. The number of rotatable bonds is 3. The van der Waals surface area contributed by atoms with Crippen LogP contribution in [0.2, 0.25) is 0 Å². The SMILES string of the molecule is CC(=O)N(CC(=O)N1CCc2ccccc21)c1ccc(C)c(C)c1. The van der Waals surface area contributed by atoms with Gasteiger partial charge in [-0.05, 0) is 55.2 Å². The second-order valence-corrected chi connectivity index (χ2v) is 6.30. The molecule has 4 nitrogen and oxygen atoms in total. The van der Waals surface area contributed by atoms with Crippen molar-refractivity contribution in [2.45, 2.75) is 27.2 Å². The molecule has 124 valence electrons. The first-order valence-corrected chi connectivity index (χ1v) is 8.21. The lowest BCUT2D eigenvalue weighted by molar-refractivity contribution is -0.121. The van der Waals surface area contributed by atoms with Crippen molar-refractivity contribution >= 4 is 23.2 Å². The third kappa shape index (κ3) is 3.04. The molecule has 0 saturated heterocycles. The normalized spacial score (nSPS) is 12.9. The summed E-state index contributed by atoms with van der Waals surface area (Å²) in [5, 5.41) is 0. The predicted molar refractivity (Wildman–Crippen MR) is 96.4 cm³/mol. The summed E-state index contributed by atoms with van der Waals surface area (Å²) >= 11 is 0. The van der Waals surface area contributed by atoms with Crippen molar-refractivity contribution in [1.29, 1.82) is 0 Å². The van der Waals surface area contributed by atoms with Crippen molar-refractivity contribution in [3.8, 4) is 0 Å². The summed E-state index contributed by atoms with van der Waals surface area (Å²) in [6.45, 7) is 6.28. The molecule has 0 atom stereocenters. The van der Waals surface area contributed by atoms with Crippen LogP contribution < -0.4 is 9.80 Å². The number of amides is 2. The van der Waals surface area contributed by atoms with E-state index in [1.165, 1.54) is 18.1 Å². The van der Waals surface area contributed by atoms with Gasteiger partial charge in [0.25, 0.3) is 0 Å². The van der Waals surface area contributed by atoms with E-state index in [4.69, 9.17) is 0 Å². The van der Waals surface area contributed by atoms with E-state index >= 15 is 0 Å². The molecule has 0 aromatic heterocycles. The maximum atomic E-state index is 12.8. The maximum Gasteiger partial charge on any atom is 0.247 e. The Morgan fingerprint density at radius 3 is 2.54 bits per heavy atom. The highest BCUT2D eigenvalue weighted by Gasteiger charge is 2.26. The molecular weight excluding hydrogens is 300 g/mol. The van der Waals surface area contributed by atoms with E-state index in [0.717, 1.165) is 23.4 Å². The van der Waals surface area contributed by atoms with Crippen LogP contribution in [0.5, 0.6) is 0 Å². The molecular formula is C20H22N2O2. The lowest BCUT2D eigenvalue weighted by atomic mass is 10.1. The minimum atomic E-state index is -0.126. The van der Waals surface area contributed by atoms with Crippen LogP contribution >= 0.6 is 0 Å². The molecule has 0 spiro atoms. The predicted octanol–water partition coefficient (Wildman–Crippen LogP) is 3.25. The summed E-state index contributed by atoms with van der Waals surface area (Å²) < 4.78 is 0. The van der Waals surface area contributed by atoms with Gasteiger partial charge < -0.3 is 9.80 Å². The lowest BCUT2D eigenvalue weighted by Gasteiger charge is -2.25. The van der Waals surface area contributed by atoms with Crippen molar-refractivity contribution in [2.24, 2.45) is 0 Å². The summed E-state index contributed by atoms with van der Waals surface area (Å²) in [6.07, 6.45) is 0.867. The topological polar surface area (TPSA) is 40.6 Å². The number of benzene rings is 2. The molecule has 1 aliphatic heterocycles. The number of para-hydroxylation sites is 1. The van der Waals surface area contributed by atoms with Gasteiger partial charge in [-0.25, -0.2) is 0 Å². The quantitative estimate of drug-likeness (QED) is 0.870. The van der Waals surface area contributed by atoms with Crippen LogP contribution in [0.3, 0.4) is 0 Å². The fourth-order valence-corrected chi connectivity index (χ4v) is 3.10. The van der Waals surface area contributed by atoms with Gasteiger partial charge in [0.05, 0.1) is 0 Å². The summed E-state index contributed by atoms with van der Waals surface area (Å²) in [7, 11) is 0. The number of nitrogens with zero attached hydrogens (tertiary/aromatic N) is 2. The Bertz CT molecular complexity index is 798. The Kier molecular flexibility index (Phi) is 4.38. The first-order chi connectivity index (χ1) is 11.5. The maximum absolute atomic E-state index is 12.8. The number of carbonyl (C=O) groups excluding carboxylic acids is 2. The zero-order valence-electron chi connectivity index (χ0n) is 14.4. The molecule has 3 rings (SSSR count). The Labute approximate surface area is 142 Å². The molecule has 2 amide bonds. The second-order valence-electron chi connectivity index (χ2n) is 6.30. The summed E-state index contributed by atoms with van der Waals surface area (Å²) in [5.74, 6) is -0.174. The number of aryl methyl sites for hydroxylation is 2. The Balaban J connectivity index is 1.83. The zero-order valence-corrected chi connectivity index (χ0v) is 14.4. The van der Waals surface area contributed by atoms with Crippen molar-refractivity contribution in [3.05, 3.63) is 59.2 Å². The van der Waals surface area contributed by atoms with E-state index in [2.05, 4.69) is 6.07 Å². The monoisotopic (exact) mass is 322 g/mol. The van der Waals surface area contributed by atoms with Gasteiger partial charge in [0, 0.05) is 24.8 Å². The number of anilines is 2. The van der Waals surface area contributed by atoms with Crippen LogP contribution in [0.15, 0.2) is 42.5 Å². The van der Waals surface area contributed by atoms with E-state index in [0.29, 0.717) is 6.54 Å². The van der Waals surface area contributed by atoms with E-state index < -0.39 is 0 Å². The molecule has 2 aromatic rings. The van der Waals surface area contributed by atoms with Crippen molar-refractivity contribution in [3.63, 3.8) is 0 Å². The molecule has 0 N–H and O–H groups in total. The lowest BCUT2D eigenvalue weighted by Crippen LogP contribution is -2.41. The molecule has 0 fully saturated rings. The molecule has 0 unspecified atom stereocenters. The first-order valence-electron chi connectivity index (χ1n) is 8.21. The standard InChI is InChI=1S/C20H22N2O2/c1-14-8-9-18(12-15(14)2)22(16(3)23)13-20(24)21-11-10-17-6-4-5-7-19(17)21/h4-9,12H,10-11,13H2,1-3H3. The van der Waals surface area contributed by atoms with E-state index in [1.807, 2.05) is 50.2 Å². The average molecular weight is 322 g/mol. The fourth-order valence-electron chi connectivity index (χ4n) is 3.10. The van der Waals surface area contributed by atoms with E-state index in [1.54, 1.807) is 9.80 Å². The summed E-state index contributed by atoms with van der Waals surface area (Å²) in [6, 6.07) is 13.8. The van der Waals surface area contributed by atoms with Gasteiger partial charge in [0.2, 0.25) is 11.8 Å². The third-order valence-corrected chi connectivity index (χ3v) is 4.66. The van der Waals surface area contributed by atoms with Gasteiger partial charge in [-0.3, -0.25) is 9.59 Å². The van der Waals surface area contributed by atoms with Crippen LogP contribution in [-0.4, -0.2) is 24.9 Å². The number of carbonyl (C=O) groups is 2. The van der Waals surface area contributed by atoms with Gasteiger partial charge in [-0.2, -0.15) is 0 Å². The van der Waals surface area contributed by atoms with Gasteiger partial charge in [0.15, 0.2) is 0 Å². The second kappa shape index (κ2) is 6.48. The first kappa shape index (κ1) is 16.2. The Morgan fingerprint density at radius 1 is 1.08 bits per heavy atom. The van der Waals surface area contributed by atoms with Gasteiger partial charge >= 0.3 is 0 Å². The zero-order chi connectivity index (χ0) is 17.3. The van der Waals surface area contributed by atoms with Crippen LogP contribution in [0.25, 0.3) is 0 Å². The third-order valence-electron chi connectivity index (χ3n) is 4.66.